The Morgan fingerprint density at radius 3 is 2.50 bits per heavy atom. The second-order valence-corrected chi connectivity index (χ2v) is 3.11. The first-order valence-electron chi connectivity index (χ1n) is 2.79. The van der Waals surface area contributed by atoms with Gasteiger partial charge in [0.05, 0.1) is 6.61 Å². The Morgan fingerprint density at radius 2 is 2.20 bits per heavy atom. The third-order valence-corrected chi connectivity index (χ3v) is 1.27. The molecule has 0 saturated heterocycles. The SMILES string of the molecule is CC(N)CCOS(=O)(=O)O. The van der Waals surface area contributed by atoms with Gasteiger partial charge in [-0.2, -0.15) is 8.42 Å². The molecule has 0 aromatic rings. The minimum absolute atomic E-state index is 0.0729. The minimum atomic E-state index is -4.28. The van der Waals surface area contributed by atoms with E-state index in [0.717, 1.165) is 0 Å². The van der Waals surface area contributed by atoms with Gasteiger partial charge in [-0.15, -0.1) is 0 Å². The Labute approximate surface area is 60.1 Å². The van der Waals surface area contributed by atoms with E-state index in [-0.39, 0.29) is 12.6 Å². The van der Waals surface area contributed by atoms with Crippen molar-refractivity contribution in [3.63, 3.8) is 0 Å². The van der Waals surface area contributed by atoms with E-state index in [2.05, 4.69) is 4.18 Å². The summed E-state index contributed by atoms with van der Waals surface area (Å²) in [6.45, 7) is 1.64. The van der Waals surface area contributed by atoms with Gasteiger partial charge in [0.25, 0.3) is 0 Å². The number of rotatable bonds is 4. The lowest BCUT2D eigenvalue weighted by Crippen LogP contribution is -2.18. The highest BCUT2D eigenvalue weighted by Crippen LogP contribution is 1.91. The molecule has 6 heteroatoms. The lowest BCUT2D eigenvalue weighted by atomic mass is 10.3. The molecule has 0 amide bonds. The van der Waals surface area contributed by atoms with Crippen molar-refractivity contribution in [2.24, 2.45) is 5.73 Å². The fourth-order valence-electron chi connectivity index (χ4n) is 0.339. The molecular weight excluding hydrogens is 158 g/mol. The molecule has 0 aliphatic heterocycles. The molecule has 0 bridgehead atoms. The van der Waals surface area contributed by atoms with Crippen LogP contribution in [0.5, 0.6) is 0 Å². The molecule has 0 heterocycles. The molecule has 62 valence electrons. The summed E-state index contributed by atoms with van der Waals surface area (Å²) in [6, 6.07) is -0.123. The maximum Gasteiger partial charge on any atom is 0.397 e. The van der Waals surface area contributed by atoms with Crippen LogP contribution in [-0.2, 0) is 14.6 Å². The molecule has 0 spiro atoms. The number of hydrogen-bond acceptors (Lipinski definition) is 4. The van der Waals surface area contributed by atoms with E-state index in [1.165, 1.54) is 0 Å². The summed E-state index contributed by atoms with van der Waals surface area (Å²) >= 11 is 0. The van der Waals surface area contributed by atoms with Crippen molar-refractivity contribution < 1.29 is 17.2 Å². The average molecular weight is 169 g/mol. The molecule has 0 rings (SSSR count). The molecule has 5 nitrogen and oxygen atoms in total. The lowest BCUT2D eigenvalue weighted by molar-refractivity contribution is 0.259. The van der Waals surface area contributed by atoms with Gasteiger partial charge < -0.3 is 5.73 Å². The molecule has 3 N–H and O–H groups in total. The second kappa shape index (κ2) is 3.87. The van der Waals surface area contributed by atoms with Crippen molar-refractivity contribution in [1.82, 2.24) is 0 Å². The summed E-state index contributed by atoms with van der Waals surface area (Å²) in [5.74, 6) is 0. The maximum absolute atomic E-state index is 9.91. The minimum Gasteiger partial charge on any atom is -0.328 e. The van der Waals surface area contributed by atoms with Crippen LogP contribution in [0.1, 0.15) is 13.3 Å². The third kappa shape index (κ3) is 7.83. The van der Waals surface area contributed by atoms with Crippen LogP contribution in [0.15, 0.2) is 0 Å². The monoisotopic (exact) mass is 169 g/mol. The largest absolute Gasteiger partial charge is 0.397 e. The van der Waals surface area contributed by atoms with Gasteiger partial charge in [0.1, 0.15) is 0 Å². The van der Waals surface area contributed by atoms with Crippen LogP contribution in [0.3, 0.4) is 0 Å². The summed E-state index contributed by atoms with van der Waals surface area (Å²) in [6.07, 6.45) is 0.403. The first kappa shape index (κ1) is 9.83. The normalized spacial score (nSPS) is 15.1. The number of hydrogen-bond donors (Lipinski definition) is 2. The average Bonchev–Trinajstić information content (AvgIpc) is 1.59. The van der Waals surface area contributed by atoms with Gasteiger partial charge in [-0.3, -0.25) is 4.55 Å². The van der Waals surface area contributed by atoms with Crippen molar-refractivity contribution in [3.8, 4) is 0 Å². The fourth-order valence-corrected chi connectivity index (χ4v) is 0.646. The van der Waals surface area contributed by atoms with Crippen molar-refractivity contribution >= 4 is 10.4 Å². The zero-order chi connectivity index (χ0) is 8.20. The number of nitrogens with two attached hydrogens (primary N) is 1. The van der Waals surface area contributed by atoms with E-state index in [9.17, 15) is 8.42 Å². The zero-order valence-corrected chi connectivity index (χ0v) is 6.47. The van der Waals surface area contributed by atoms with Crippen LogP contribution in [0.2, 0.25) is 0 Å². The van der Waals surface area contributed by atoms with Gasteiger partial charge >= 0.3 is 10.4 Å². The first-order chi connectivity index (χ1) is 4.42. The molecule has 0 aliphatic carbocycles. The van der Waals surface area contributed by atoms with Crippen LogP contribution in [0, 0.1) is 0 Å². The lowest BCUT2D eigenvalue weighted by Gasteiger charge is -2.02. The fraction of sp³-hybridized carbons (Fsp3) is 1.00. The molecule has 0 saturated carbocycles. The third-order valence-electron chi connectivity index (χ3n) is 0.805. The van der Waals surface area contributed by atoms with Gasteiger partial charge in [-0.25, -0.2) is 4.18 Å². The Balaban J connectivity index is 3.39. The molecule has 0 fully saturated rings. The molecule has 0 radical (unpaired) electrons. The summed E-state index contributed by atoms with van der Waals surface area (Å²) in [5, 5.41) is 0. The van der Waals surface area contributed by atoms with Crippen molar-refractivity contribution in [1.29, 1.82) is 0 Å². The zero-order valence-electron chi connectivity index (χ0n) is 5.65. The summed E-state index contributed by atoms with van der Waals surface area (Å²) in [7, 11) is -4.28. The topological polar surface area (TPSA) is 89.6 Å². The smallest absolute Gasteiger partial charge is 0.328 e. The Kier molecular flexibility index (Phi) is 3.80. The van der Waals surface area contributed by atoms with Gasteiger partial charge in [-0.05, 0) is 13.3 Å². The molecule has 0 aliphatic rings. The summed E-state index contributed by atoms with van der Waals surface area (Å²) in [5.41, 5.74) is 5.27. The van der Waals surface area contributed by atoms with Crippen LogP contribution in [0.4, 0.5) is 0 Å². The Morgan fingerprint density at radius 1 is 1.70 bits per heavy atom. The summed E-state index contributed by atoms with van der Waals surface area (Å²) in [4.78, 5) is 0. The van der Waals surface area contributed by atoms with Crippen LogP contribution in [0.25, 0.3) is 0 Å². The quantitative estimate of drug-likeness (QED) is 0.556. The molecule has 0 aromatic heterocycles. The Bertz CT molecular complexity index is 174. The Hall–Kier alpha value is -0.170. The standard InChI is InChI=1S/C4H11NO4S/c1-4(5)2-3-9-10(6,7)8/h4H,2-3,5H2,1H3,(H,6,7,8). The predicted octanol–water partition coefficient (Wildman–Crippen LogP) is -0.457. The molecule has 0 aromatic carbocycles. The summed E-state index contributed by atoms with van der Waals surface area (Å²) < 4.78 is 31.8. The van der Waals surface area contributed by atoms with E-state index in [1.54, 1.807) is 6.92 Å². The maximum atomic E-state index is 9.91. The van der Waals surface area contributed by atoms with Crippen molar-refractivity contribution in [2.75, 3.05) is 6.61 Å². The van der Waals surface area contributed by atoms with Crippen LogP contribution < -0.4 is 5.73 Å². The highest BCUT2D eigenvalue weighted by Gasteiger charge is 2.03. The van der Waals surface area contributed by atoms with E-state index in [4.69, 9.17) is 10.3 Å². The molecule has 1 unspecified atom stereocenters. The van der Waals surface area contributed by atoms with Crippen LogP contribution in [-0.4, -0.2) is 25.6 Å². The van der Waals surface area contributed by atoms with Gasteiger partial charge in [0.15, 0.2) is 0 Å². The van der Waals surface area contributed by atoms with E-state index in [1.807, 2.05) is 0 Å². The van der Waals surface area contributed by atoms with Crippen LogP contribution >= 0.6 is 0 Å². The second-order valence-electron chi connectivity index (χ2n) is 2.02. The highest BCUT2D eigenvalue weighted by atomic mass is 32.3. The molecular formula is C4H11NO4S. The first-order valence-corrected chi connectivity index (χ1v) is 4.16. The predicted molar refractivity (Wildman–Crippen MR) is 35.8 cm³/mol. The van der Waals surface area contributed by atoms with Gasteiger partial charge in [-0.1, -0.05) is 0 Å². The highest BCUT2D eigenvalue weighted by molar-refractivity contribution is 7.80. The van der Waals surface area contributed by atoms with Gasteiger partial charge in [0.2, 0.25) is 0 Å². The van der Waals surface area contributed by atoms with Crippen molar-refractivity contribution in [2.45, 2.75) is 19.4 Å². The van der Waals surface area contributed by atoms with E-state index in [0.29, 0.717) is 6.42 Å². The van der Waals surface area contributed by atoms with E-state index < -0.39 is 10.4 Å². The van der Waals surface area contributed by atoms with Gasteiger partial charge in [0, 0.05) is 6.04 Å². The van der Waals surface area contributed by atoms with Crippen molar-refractivity contribution in [3.05, 3.63) is 0 Å². The van der Waals surface area contributed by atoms with E-state index >= 15 is 0 Å². The molecule has 10 heavy (non-hydrogen) atoms. The molecule has 1 atom stereocenters.